The molecule has 0 saturated heterocycles. The van der Waals surface area contributed by atoms with Gasteiger partial charge in [0.2, 0.25) is 0 Å². The summed E-state index contributed by atoms with van der Waals surface area (Å²) in [6.07, 6.45) is 0. The average molecular weight is 376 g/mol. The molecule has 1 aliphatic rings. The van der Waals surface area contributed by atoms with E-state index in [0.717, 1.165) is 34.0 Å². The molecule has 25 heavy (non-hydrogen) atoms. The number of anilines is 1. The first kappa shape index (κ1) is 17.5. The summed E-state index contributed by atoms with van der Waals surface area (Å²) in [5, 5.41) is 8.49. The average Bonchev–Trinajstić information content (AvgIpc) is 2.63. The third kappa shape index (κ3) is 4.21. The highest BCUT2D eigenvalue weighted by atomic mass is 35.5. The SMILES string of the molecule is C/C(=N/NC(=S)Nc1cccc(Cl)c1C)c1ccc2c(c1)OCCO2. The Morgan fingerprint density at radius 2 is 1.92 bits per heavy atom. The van der Waals surface area contributed by atoms with E-state index < -0.39 is 0 Å². The number of nitrogens with one attached hydrogen (secondary N) is 2. The summed E-state index contributed by atoms with van der Waals surface area (Å²) in [5.74, 6) is 1.48. The molecule has 0 fully saturated rings. The van der Waals surface area contributed by atoms with E-state index in [1.165, 1.54) is 0 Å². The van der Waals surface area contributed by atoms with Gasteiger partial charge in [0.1, 0.15) is 13.2 Å². The maximum atomic E-state index is 6.11. The van der Waals surface area contributed by atoms with Gasteiger partial charge in [-0.05, 0) is 62.0 Å². The van der Waals surface area contributed by atoms with Crippen molar-refractivity contribution in [2.24, 2.45) is 5.10 Å². The van der Waals surface area contributed by atoms with Crippen LogP contribution in [-0.2, 0) is 0 Å². The quantitative estimate of drug-likeness (QED) is 0.480. The molecule has 0 amide bonds. The molecule has 0 bridgehead atoms. The second-order valence-electron chi connectivity index (χ2n) is 5.53. The second kappa shape index (κ2) is 7.72. The highest BCUT2D eigenvalue weighted by Crippen LogP contribution is 2.30. The fourth-order valence-electron chi connectivity index (χ4n) is 2.36. The molecule has 0 aliphatic carbocycles. The summed E-state index contributed by atoms with van der Waals surface area (Å²) in [6, 6.07) is 11.3. The maximum Gasteiger partial charge on any atom is 0.191 e. The predicted octanol–water partition coefficient (Wildman–Crippen LogP) is 4.13. The van der Waals surface area contributed by atoms with Crippen LogP contribution in [0.15, 0.2) is 41.5 Å². The number of ether oxygens (including phenoxy) is 2. The zero-order valence-corrected chi connectivity index (χ0v) is 15.5. The maximum absolute atomic E-state index is 6.11. The van der Waals surface area contributed by atoms with Gasteiger partial charge < -0.3 is 14.8 Å². The highest BCUT2D eigenvalue weighted by Gasteiger charge is 2.12. The van der Waals surface area contributed by atoms with E-state index in [2.05, 4.69) is 15.8 Å². The lowest BCUT2D eigenvalue weighted by Gasteiger charge is -2.18. The summed E-state index contributed by atoms with van der Waals surface area (Å²) in [5.41, 5.74) is 6.34. The van der Waals surface area contributed by atoms with E-state index >= 15 is 0 Å². The Labute approximate surface area is 157 Å². The van der Waals surface area contributed by atoms with Crippen molar-refractivity contribution in [1.29, 1.82) is 0 Å². The first-order chi connectivity index (χ1) is 12.0. The Hall–Kier alpha value is -2.31. The Morgan fingerprint density at radius 3 is 2.72 bits per heavy atom. The Kier molecular flexibility index (Phi) is 5.40. The molecule has 2 N–H and O–H groups in total. The normalized spacial score (nSPS) is 13.3. The fraction of sp³-hybridized carbons (Fsp3) is 0.222. The molecule has 0 spiro atoms. The fourth-order valence-corrected chi connectivity index (χ4v) is 2.69. The molecule has 0 saturated carbocycles. The summed E-state index contributed by atoms with van der Waals surface area (Å²) in [7, 11) is 0. The Balaban J connectivity index is 1.66. The Morgan fingerprint density at radius 1 is 1.16 bits per heavy atom. The summed E-state index contributed by atoms with van der Waals surface area (Å²) >= 11 is 11.4. The smallest absolute Gasteiger partial charge is 0.191 e. The molecule has 130 valence electrons. The second-order valence-corrected chi connectivity index (χ2v) is 6.35. The third-order valence-electron chi connectivity index (χ3n) is 3.80. The largest absolute Gasteiger partial charge is 0.486 e. The molecular formula is C18H18ClN3O2S. The third-order valence-corrected chi connectivity index (χ3v) is 4.40. The number of hydrogen-bond donors (Lipinski definition) is 2. The Bertz CT molecular complexity index is 839. The van der Waals surface area contributed by atoms with Crippen molar-refractivity contribution < 1.29 is 9.47 Å². The van der Waals surface area contributed by atoms with Gasteiger partial charge in [0.25, 0.3) is 0 Å². The monoisotopic (exact) mass is 375 g/mol. The molecule has 0 unspecified atom stereocenters. The van der Waals surface area contributed by atoms with Crippen LogP contribution in [0.1, 0.15) is 18.1 Å². The van der Waals surface area contributed by atoms with Crippen molar-refractivity contribution in [1.82, 2.24) is 5.43 Å². The van der Waals surface area contributed by atoms with Crippen LogP contribution in [-0.4, -0.2) is 24.0 Å². The van der Waals surface area contributed by atoms with Crippen LogP contribution >= 0.6 is 23.8 Å². The van der Waals surface area contributed by atoms with Gasteiger partial charge in [0, 0.05) is 16.3 Å². The van der Waals surface area contributed by atoms with Crippen molar-refractivity contribution in [3.8, 4) is 11.5 Å². The van der Waals surface area contributed by atoms with Gasteiger partial charge in [0.05, 0.1) is 5.71 Å². The lowest BCUT2D eigenvalue weighted by atomic mass is 10.1. The number of fused-ring (bicyclic) bond motifs is 1. The molecule has 7 heteroatoms. The zero-order valence-electron chi connectivity index (χ0n) is 13.9. The van der Waals surface area contributed by atoms with Crippen molar-refractivity contribution in [3.05, 3.63) is 52.5 Å². The summed E-state index contributed by atoms with van der Waals surface area (Å²) in [4.78, 5) is 0. The van der Waals surface area contributed by atoms with Gasteiger partial charge in [-0.25, -0.2) is 0 Å². The number of thiocarbonyl (C=S) groups is 1. The molecule has 0 aromatic heterocycles. The minimum atomic E-state index is 0.391. The van der Waals surface area contributed by atoms with Crippen LogP contribution in [0.25, 0.3) is 0 Å². The molecule has 3 rings (SSSR count). The number of hydrogen-bond acceptors (Lipinski definition) is 4. The van der Waals surface area contributed by atoms with E-state index in [0.29, 0.717) is 23.3 Å². The van der Waals surface area contributed by atoms with Gasteiger partial charge in [-0.15, -0.1) is 0 Å². The molecule has 1 heterocycles. The van der Waals surface area contributed by atoms with Crippen molar-refractivity contribution >= 4 is 40.3 Å². The number of rotatable bonds is 3. The number of nitrogens with zero attached hydrogens (tertiary/aromatic N) is 1. The minimum Gasteiger partial charge on any atom is -0.486 e. The summed E-state index contributed by atoms with van der Waals surface area (Å²) < 4.78 is 11.1. The van der Waals surface area contributed by atoms with Crippen LogP contribution in [0.2, 0.25) is 5.02 Å². The van der Waals surface area contributed by atoms with Gasteiger partial charge >= 0.3 is 0 Å². The van der Waals surface area contributed by atoms with Crippen LogP contribution in [0.4, 0.5) is 5.69 Å². The number of hydrazone groups is 1. The highest BCUT2D eigenvalue weighted by molar-refractivity contribution is 7.80. The topological polar surface area (TPSA) is 54.9 Å². The van der Waals surface area contributed by atoms with Gasteiger partial charge in [0.15, 0.2) is 16.6 Å². The van der Waals surface area contributed by atoms with Crippen molar-refractivity contribution in [2.45, 2.75) is 13.8 Å². The van der Waals surface area contributed by atoms with Crippen molar-refractivity contribution in [2.75, 3.05) is 18.5 Å². The van der Waals surface area contributed by atoms with Gasteiger partial charge in [-0.3, -0.25) is 5.43 Å². The lowest BCUT2D eigenvalue weighted by molar-refractivity contribution is 0.171. The van der Waals surface area contributed by atoms with Crippen LogP contribution in [0.5, 0.6) is 11.5 Å². The van der Waals surface area contributed by atoms with E-state index in [4.69, 9.17) is 33.3 Å². The zero-order chi connectivity index (χ0) is 17.8. The molecule has 2 aromatic rings. The van der Waals surface area contributed by atoms with Gasteiger partial charge in [-0.1, -0.05) is 17.7 Å². The van der Waals surface area contributed by atoms with E-state index in [1.807, 2.05) is 50.2 Å². The molecule has 0 radical (unpaired) electrons. The van der Waals surface area contributed by atoms with Crippen LogP contribution in [0.3, 0.4) is 0 Å². The van der Waals surface area contributed by atoms with E-state index in [-0.39, 0.29) is 0 Å². The molecule has 1 aliphatic heterocycles. The van der Waals surface area contributed by atoms with Crippen LogP contribution < -0.4 is 20.2 Å². The summed E-state index contributed by atoms with van der Waals surface area (Å²) in [6.45, 7) is 4.95. The van der Waals surface area contributed by atoms with E-state index in [9.17, 15) is 0 Å². The van der Waals surface area contributed by atoms with E-state index in [1.54, 1.807) is 0 Å². The van der Waals surface area contributed by atoms with Crippen molar-refractivity contribution in [3.63, 3.8) is 0 Å². The molecule has 5 nitrogen and oxygen atoms in total. The minimum absolute atomic E-state index is 0.391. The first-order valence-corrected chi connectivity index (χ1v) is 8.59. The molecular weight excluding hydrogens is 358 g/mol. The predicted molar refractivity (Wildman–Crippen MR) is 105 cm³/mol. The van der Waals surface area contributed by atoms with Gasteiger partial charge in [-0.2, -0.15) is 5.10 Å². The lowest BCUT2D eigenvalue weighted by Crippen LogP contribution is -2.25. The molecule has 0 atom stereocenters. The molecule has 2 aromatic carbocycles. The standard InChI is InChI=1S/C18H18ClN3O2S/c1-11-14(19)4-3-5-15(11)20-18(25)22-21-12(2)13-6-7-16-17(10-13)24-9-8-23-16/h3-7,10H,8-9H2,1-2H3,(H2,20,22,25)/b21-12-. The first-order valence-electron chi connectivity index (χ1n) is 7.81. The van der Waals surface area contributed by atoms with Crippen LogP contribution in [0, 0.1) is 6.92 Å². The number of halogens is 1. The number of benzene rings is 2.